The van der Waals surface area contributed by atoms with Gasteiger partial charge in [0.1, 0.15) is 0 Å². The van der Waals surface area contributed by atoms with Crippen molar-refractivity contribution in [1.82, 2.24) is 5.32 Å². The Kier molecular flexibility index (Phi) is 3.14. The lowest BCUT2D eigenvalue weighted by Crippen LogP contribution is -2.53. The molecule has 2 N–H and O–H groups in total. The Bertz CT molecular complexity index is 423. The molecular weight excluding hydrogens is 226 g/mol. The van der Waals surface area contributed by atoms with Crippen LogP contribution in [0.2, 0.25) is 0 Å². The van der Waals surface area contributed by atoms with Gasteiger partial charge in [-0.05, 0) is 23.5 Å². The number of aliphatic hydroxyl groups is 1. The van der Waals surface area contributed by atoms with Crippen LogP contribution in [0.25, 0.3) is 0 Å². The first-order valence-corrected chi connectivity index (χ1v) is 6.74. The fourth-order valence-corrected chi connectivity index (χ4v) is 3.07. The molecule has 0 spiro atoms. The third kappa shape index (κ3) is 1.96. The Balaban J connectivity index is 1.69. The number of benzene rings is 1. The molecule has 1 fully saturated rings. The number of rotatable bonds is 4. The van der Waals surface area contributed by atoms with Crippen LogP contribution in [0.1, 0.15) is 24.1 Å². The van der Waals surface area contributed by atoms with E-state index in [0.29, 0.717) is 25.2 Å². The second-order valence-corrected chi connectivity index (χ2v) is 5.89. The molecule has 0 amide bonds. The Morgan fingerprint density at radius 2 is 2.17 bits per heavy atom. The van der Waals surface area contributed by atoms with Crippen molar-refractivity contribution in [2.45, 2.75) is 19.4 Å². The summed E-state index contributed by atoms with van der Waals surface area (Å²) in [5.74, 6) is 0.624. The van der Waals surface area contributed by atoms with Crippen molar-refractivity contribution in [2.24, 2.45) is 11.3 Å². The molecule has 0 radical (unpaired) electrons. The predicted molar refractivity (Wildman–Crippen MR) is 70.4 cm³/mol. The number of fused-ring (bicyclic) bond motifs is 1. The molecule has 0 aromatic heterocycles. The first kappa shape index (κ1) is 12.2. The zero-order chi connectivity index (χ0) is 12.6. The van der Waals surface area contributed by atoms with Crippen LogP contribution in [-0.2, 0) is 11.2 Å². The summed E-state index contributed by atoms with van der Waals surface area (Å²) in [5.41, 5.74) is 2.85. The number of nitrogens with one attached hydrogen (secondary N) is 1. The van der Waals surface area contributed by atoms with Crippen LogP contribution in [-0.4, -0.2) is 31.5 Å². The zero-order valence-electron chi connectivity index (χ0n) is 10.9. The molecule has 0 bridgehead atoms. The minimum atomic E-state index is -0.0444. The molecule has 2 aliphatic rings. The van der Waals surface area contributed by atoms with Crippen molar-refractivity contribution in [3.63, 3.8) is 0 Å². The van der Waals surface area contributed by atoms with Gasteiger partial charge < -0.3 is 15.2 Å². The monoisotopic (exact) mass is 247 g/mol. The summed E-state index contributed by atoms with van der Waals surface area (Å²) in [5, 5.41) is 13.1. The van der Waals surface area contributed by atoms with Crippen molar-refractivity contribution in [2.75, 3.05) is 26.4 Å². The highest BCUT2D eigenvalue weighted by Gasteiger charge is 2.39. The Labute approximate surface area is 108 Å². The van der Waals surface area contributed by atoms with Crippen LogP contribution in [0.15, 0.2) is 24.3 Å². The van der Waals surface area contributed by atoms with E-state index < -0.39 is 0 Å². The molecule has 1 aliphatic carbocycles. The van der Waals surface area contributed by atoms with Gasteiger partial charge in [-0.3, -0.25) is 0 Å². The third-order valence-corrected chi connectivity index (χ3v) is 4.35. The molecule has 18 heavy (non-hydrogen) atoms. The number of hydrogen-bond donors (Lipinski definition) is 2. The molecule has 98 valence electrons. The Morgan fingerprint density at radius 1 is 1.39 bits per heavy atom. The molecule has 1 heterocycles. The fourth-order valence-electron chi connectivity index (χ4n) is 3.07. The van der Waals surface area contributed by atoms with Gasteiger partial charge in [0.05, 0.1) is 25.2 Å². The molecule has 3 nitrogen and oxygen atoms in total. The second-order valence-electron chi connectivity index (χ2n) is 5.89. The summed E-state index contributed by atoms with van der Waals surface area (Å²) in [6.45, 7) is 4.70. The van der Waals surface area contributed by atoms with Gasteiger partial charge in [0.25, 0.3) is 0 Å². The topological polar surface area (TPSA) is 41.5 Å². The van der Waals surface area contributed by atoms with Gasteiger partial charge >= 0.3 is 0 Å². The molecule has 3 heteroatoms. The fraction of sp³-hybridized carbons (Fsp3) is 0.600. The molecule has 1 aliphatic heterocycles. The first-order valence-electron chi connectivity index (χ1n) is 6.74. The van der Waals surface area contributed by atoms with Crippen LogP contribution in [0.3, 0.4) is 0 Å². The average Bonchev–Trinajstić information content (AvgIpc) is 2.65. The average molecular weight is 247 g/mol. The maximum absolute atomic E-state index is 9.45. The van der Waals surface area contributed by atoms with E-state index in [9.17, 15) is 5.11 Å². The van der Waals surface area contributed by atoms with Crippen LogP contribution >= 0.6 is 0 Å². The minimum Gasteiger partial charge on any atom is -0.396 e. The standard InChI is InChI=1S/C15H21NO2/c1-11-6-12-4-2-3-5-13(12)14(11)16-7-15(8-17)9-18-10-15/h2-5,11,14,16-17H,6-10H2,1H3. The quantitative estimate of drug-likeness (QED) is 0.847. The van der Waals surface area contributed by atoms with Gasteiger partial charge in [0.15, 0.2) is 0 Å². The van der Waals surface area contributed by atoms with Gasteiger partial charge in [-0.25, -0.2) is 0 Å². The smallest absolute Gasteiger partial charge is 0.0579 e. The third-order valence-electron chi connectivity index (χ3n) is 4.35. The summed E-state index contributed by atoms with van der Waals surface area (Å²) in [6.07, 6.45) is 1.15. The summed E-state index contributed by atoms with van der Waals surface area (Å²) in [6, 6.07) is 9.09. The van der Waals surface area contributed by atoms with E-state index in [4.69, 9.17) is 4.74 Å². The van der Waals surface area contributed by atoms with Gasteiger partial charge in [0, 0.05) is 12.6 Å². The van der Waals surface area contributed by atoms with Crippen LogP contribution in [0.5, 0.6) is 0 Å². The largest absolute Gasteiger partial charge is 0.396 e. The van der Waals surface area contributed by atoms with E-state index in [-0.39, 0.29) is 12.0 Å². The highest BCUT2D eigenvalue weighted by molar-refractivity contribution is 5.35. The zero-order valence-corrected chi connectivity index (χ0v) is 10.9. The maximum atomic E-state index is 9.45. The molecule has 2 unspecified atom stereocenters. The first-order chi connectivity index (χ1) is 8.74. The molecule has 0 saturated carbocycles. The van der Waals surface area contributed by atoms with E-state index >= 15 is 0 Å². The van der Waals surface area contributed by atoms with Gasteiger partial charge in [-0.2, -0.15) is 0 Å². The number of aliphatic hydroxyl groups excluding tert-OH is 1. The maximum Gasteiger partial charge on any atom is 0.0579 e. The lowest BCUT2D eigenvalue weighted by molar-refractivity contribution is -0.135. The van der Waals surface area contributed by atoms with Crippen LogP contribution < -0.4 is 5.32 Å². The Morgan fingerprint density at radius 3 is 2.83 bits per heavy atom. The number of ether oxygens (including phenoxy) is 1. The molecule has 3 rings (SSSR count). The summed E-state index contributed by atoms with van der Waals surface area (Å²) >= 11 is 0. The molecule has 2 atom stereocenters. The van der Waals surface area contributed by atoms with Crippen molar-refractivity contribution >= 4 is 0 Å². The lowest BCUT2D eigenvalue weighted by Gasteiger charge is -2.41. The molecule has 1 aromatic rings. The molecule has 1 aromatic carbocycles. The lowest BCUT2D eigenvalue weighted by atomic mass is 9.86. The van der Waals surface area contributed by atoms with E-state index in [0.717, 1.165) is 13.0 Å². The molecular formula is C15H21NO2. The van der Waals surface area contributed by atoms with Crippen molar-refractivity contribution in [1.29, 1.82) is 0 Å². The van der Waals surface area contributed by atoms with Crippen LogP contribution in [0, 0.1) is 11.3 Å². The normalized spacial score (nSPS) is 28.8. The van der Waals surface area contributed by atoms with E-state index in [1.54, 1.807) is 0 Å². The van der Waals surface area contributed by atoms with Crippen molar-refractivity contribution in [3.05, 3.63) is 35.4 Å². The summed E-state index contributed by atoms with van der Waals surface area (Å²) in [4.78, 5) is 0. The van der Waals surface area contributed by atoms with Crippen LogP contribution in [0.4, 0.5) is 0 Å². The van der Waals surface area contributed by atoms with Crippen molar-refractivity contribution in [3.8, 4) is 0 Å². The van der Waals surface area contributed by atoms with E-state index in [2.05, 4.69) is 36.5 Å². The number of hydrogen-bond acceptors (Lipinski definition) is 3. The minimum absolute atomic E-state index is 0.0444. The summed E-state index contributed by atoms with van der Waals surface area (Å²) < 4.78 is 5.24. The summed E-state index contributed by atoms with van der Waals surface area (Å²) in [7, 11) is 0. The highest BCUT2D eigenvalue weighted by Crippen LogP contribution is 2.36. The van der Waals surface area contributed by atoms with E-state index in [1.165, 1.54) is 11.1 Å². The SMILES string of the molecule is CC1Cc2ccccc2C1NCC1(CO)COC1. The van der Waals surface area contributed by atoms with Gasteiger partial charge in [0.2, 0.25) is 0 Å². The van der Waals surface area contributed by atoms with Crippen molar-refractivity contribution < 1.29 is 9.84 Å². The second kappa shape index (κ2) is 4.65. The van der Waals surface area contributed by atoms with Gasteiger partial charge in [-0.1, -0.05) is 31.2 Å². The predicted octanol–water partition coefficient (Wildman–Crippen LogP) is 1.52. The Hall–Kier alpha value is -0.900. The van der Waals surface area contributed by atoms with E-state index in [1.807, 2.05) is 0 Å². The highest BCUT2D eigenvalue weighted by atomic mass is 16.5. The van der Waals surface area contributed by atoms with Gasteiger partial charge in [-0.15, -0.1) is 0 Å². The molecule has 1 saturated heterocycles.